The highest BCUT2D eigenvalue weighted by Gasteiger charge is 2.67. The summed E-state index contributed by atoms with van der Waals surface area (Å²) in [6, 6.07) is 0. The summed E-state index contributed by atoms with van der Waals surface area (Å²) < 4.78 is 62.6. The van der Waals surface area contributed by atoms with Crippen LogP contribution < -0.4 is 0 Å². The minimum atomic E-state index is -5.94. The first-order valence-corrected chi connectivity index (χ1v) is 12.4. The van der Waals surface area contributed by atoms with Gasteiger partial charge in [-0.2, -0.15) is 29.0 Å². The molecule has 0 aromatic heterocycles. The number of esters is 1. The van der Waals surface area contributed by atoms with E-state index in [4.69, 9.17) is 9.29 Å². The number of aliphatic hydroxyl groups is 2. The molecule has 0 spiro atoms. The third kappa shape index (κ3) is 3.40. The number of ether oxygens (including phenoxy) is 1. The summed E-state index contributed by atoms with van der Waals surface area (Å²) in [7, 11) is -5.94. The van der Waals surface area contributed by atoms with Gasteiger partial charge in [-0.1, -0.05) is 25.7 Å². The SMILES string of the molecule is O=C(OC1CC2SC1C(C1(O)CCCC1)C2C1(O)CCCC1)C(F)(F)S(=O)(=O)O. The van der Waals surface area contributed by atoms with E-state index < -0.39 is 49.8 Å². The first kappa shape index (κ1) is 21.7. The van der Waals surface area contributed by atoms with Gasteiger partial charge in [-0.15, -0.1) is 0 Å². The molecule has 5 atom stereocenters. The molecule has 2 heterocycles. The molecule has 0 radical (unpaired) electrons. The zero-order valence-corrected chi connectivity index (χ0v) is 17.4. The number of hydrogen-bond acceptors (Lipinski definition) is 7. The Morgan fingerprint density at radius 3 is 1.97 bits per heavy atom. The Morgan fingerprint density at radius 2 is 1.48 bits per heavy atom. The van der Waals surface area contributed by atoms with Crippen LogP contribution in [0.15, 0.2) is 0 Å². The molecule has 0 aromatic rings. The van der Waals surface area contributed by atoms with Crippen LogP contribution in [-0.2, 0) is 19.6 Å². The number of halogens is 2. The second-order valence-corrected chi connectivity index (χ2v) is 11.9. The topological polar surface area (TPSA) is 121 Å². The normalized spacial score (nSPS) is 38.4. The summed E-state index contributed by atoms with van der Waals surface area (Å²) in [6.07, 6.45) is 4.96. The summed E-state index contributed by atoms with van der Waals surface area (Å²) in [4.78, 5) is 11.8. The summed E-state index contributed by atoms with van der Waals surface area (Å²) in [6.45, 7) is 0. The maximum absolute atomic E-state index is 13.7. The average Bonchev–Trinajstić information content (AvgIpc) is 3.37. The molecule has 4 rings (SSSR count). The fourth-order valence-electron chi connectivity index (χ4n) is 6.08. The minimum Gasteiger partial charge on any atom is -0.456 e. The van der Waals surface area contributed by atoms with E-state index in [1.165, 1.54) is 11.8 Å². The Bertz CT molecular complexity index is 775. The Kier molecular flexibility index (Phi) is 5.25. The van der Waals surface area contributed by atoms with Gasteiger partial charge in [-0.3, -0.25) is 4.55 Å². The van der Waals surface area contributed by atoms with Crippen molar-refractivity contribution in [2.75, 3.05) is 0 Å². The van der Waals surface area contributed by atoms with Crippen molar-refractivity contribution in [3.63, 3.8) is 0 Å². The summed E-state index contributed by atoms with van der Waals surface area (Å²) in [5.74, 6) is -2.94. The molecule has 29 heavy (non-hydrogen) atoms. The zero-order chi connectivity index (χ0) is 21.2. The molecular weight excluding hydrogens is 430 g/mol. The number of hydrogen-bond donors (Lipinski definition) is 3. The van der Waals surface area contributed by atoms with Crippen LogP contribution >= 0.6 is 11.8 Å². The Morgan fingerprint density at radius 1 is 1.00 bits per heavy atom. The van der Waals surface area contributed by atoms with Gasteiger partial charge in [0.1, 0.15) is 6.10 Å². The van der Waals surface area contributed by atoms with Gasteiger partial charge in [0.05, 0.1) is 11.2 Å². The lowest BCUT2D eigenvalue weighted by atomic mass is 9.62. The van der Waals surface area contributed by atoms with E-state index >= 15 is 0 Å². The number of rotatable bonds is 5. The molecule has 3 N–H and O–H groups in total. The lowest BCUT2D eigenvalue weighted by Gasteiger charge is -2.47. The number of carbonyl (C=O) groups excluding carboxylic acids is 1. The lowest BCUT2D eigenvalue weighted by molar-refractivity contribution is -0.174. The highest BCUT2D eigenvalue weighted by atomic mass is 32.2. The van der Waals surface area contributed by atoms with Crippen LogP contribution in [0.25, 0.3) is 0 Å². The van der Waals surface area contributed by atoms with E-state index in [2.05, 4.69) is 0 Å². The average molecular weight is 457 g/mol. The Labute approximate surface area is 172 Å². The number of fused-ring (bicyclic) bond motifs is 2. The van der Waals surface area contributed by atoms with Crippen LogP contribution in [-0.4, -0.2) is 62.2 Å². The molecule has 0 amide bonds. The van der Waals surface area contributed by atoms with Gasteiger partial charge in [-0.05, 0) is 32.1 Å². The second kappa shape index (κ2) is 7.01. The van der Waals surface area contributed by atoms with Crippen LogP contribution in [0, 0.1) is 11.8 Å². The summed E-state index contributed by atoms with van der Waals surface area (Å²) in [5, 5.41) is 16.9. The molecule has 2 aliphatic heterocycles. The van der Waals surface area contributed by atoms with Crippen LogP contribution in [0.4, 0.5) is 8.78 Å². The first-order chi connectivity index (χ1) is 13.4. The van der Waals surface area contributed by atoms with Crippen molar-refractivity contribution in [3.05, 3.63) is 0 Å². The van der Waals surface area contributed by atoms with Gasteiger partial charge >= 0.3 is 21.3 Å². The second-order valence-electron chi connectivity index (χ2n) is 8.98. The van der Waals surface area contributed by atoms with Gasteiger partial charge < -0.3 is 14.9 Å². The predicted octanol–water partition coefficient (Wildman–Crippen LogP) is 2.11. The first-order valence-electron chi connectivity index (χ1n) is 10.1. The number of thioether (sulfide) groups is 1. The van der Waals surface area contributed by atoms with E-state index in [1.807, 2.05) is 0 Å². The van der Waals surface area contributed by atoms with E-state index in [1.54, 1.807) is 0 Å². The minimum absolute atomic E-state index is 0.171. The van der Waals surface area contributed by atoms with Crippen LogP contribution in [0.2, 0.25) is 0 Å². The molecule has 0 aromatic carbocycles. The standard InChI is InChI=1S/C18H26F2O7S2/c19-18(20,29(24,25)26)15(21)27-10-9-11-12(16(22)5-1-2-6-16)13(14(10)28-11)17(23)7-3-4-8-17/h10-14,22-23H,1-9H2,(H,24,25,26). The molecule has 4 aliphatic rings. The van der Waals surface area contributed by atoms with Gasteiger partial charge in [0, 0.05) is 22.3 Å². The van der Waals surface area contributed by atoms with Crippen molar-refractivity contribution in [1.82, 2.24) is 0 Å². The van der Waals surface area contributed by atoms with Gasteiger partial charge in [-0.25, -0.2) is 4.79 Å². The maximum Gasteiger partial charge on any atom is 0.465 e. The summed E-state index contributed by atoms with van der Waals surface area (Å²) in [5.41, 5.74) is -1.99. The fraction of sp³-hybridized carbons (Fsp3) is 0.944. The van der Waals surface area contributed by atoms with Crippen molar-refractivity contribution in [2.24, 2.45) is 11.8 Å². The van der Waals surface area contributed by atoms with E-state index in [0.29, 0.717) is 25.7 Å². The van der Waals surface area contributed by atoms with Gasteiger partial charge in [0.25, 0.3) is 0 Å². The molecule has 2 aliphatic carbocycles. The Hall–Kier alpha value is -0.490. The van der Waals surface area contributed by atoms with Crippen LogP contribution in [0.5, 0.6) is 0 Å². The third-order valence-electron chi connectivity index (χ3n) is 7.30. The van der Waals surface area contributed by atoms with Crippen LogP contribution in [0.3, 0.4) is 0 Å². The lowest BCUT2D eigenvalue weighted by Crippen LogP contribution is -2.57. The van der Waals surface area contributed by atoms with Crippen molar-refractivity contribution >= 4 is 27.8 Å². The number of carbonyl (C=O) groups is 1. The number of alkyl halides is 2. The van der Waals surface area contributed by atoms with Crippen molar-refractivity contribution in [2.45, 2.75) is 90.8 Å². The fourth-order valence-corrected chi connectivity index (χ4v) is 8.57. The van der Waals surface area contributed by atoms with Crippen molar-refractivity contribution < 1.29 is 41.5 Å². The third-order valence-corrected chi connectivity index (χ3v) is 9.87. The molecule has 11 heteroatoms. The smallest absolute Gasteiger partial charge is 0.456 e. The summed E-state index contributed by atoms with van der Waals surface area (Å²) >= 11 is 1.43. The van der Waals surface area contributed by atoms with E-state index in [9.17, 15) is 32.2 Å². The Balaban J connectivity index is 1.60. The van der Waals surface area contributed by atoms with Gasteiger partial charge in [0.2, 0.25) is 0 Å². The van der Waals surface area contributed by atoms with Gasteiger partial charge in [0.15, 0.2) is 0 Å². The maximum atomic E-state index is 13.7. The molecule has 2 bridgehead atoms. The van der Waals surface area contributed by atoms with E-state index in [0.717, 1.165) is 25.7 Å². The highest BCUT2D eigenvalue weighted by molar-refractivity contribution is 8.01. The molecule has 2 saturated carbocycles. The van der Waals surface area contributed by atoms with Crippen molar-refractivity contribution in [1.29, 1.82) is 0 Å². The van der Waals surface area contributed by atoms with Crippen molar-refractivity contribution in [3.8, 4) is 0 Å². The molecule has 4 fully saturated rings. The van der Waals surface area contributed by atoms with Crippen LogP contribution in [0.1, 0.15) is 57.8 Å². The van der Waals surface area contributed by atoms with E-state index in [-0.39, 0.29) is 17.6 Å². The molecule has 5 unspecified atom stereocenters. The highest BCUT2D eigenvalue weighted by Crippen LogP contribution is 2.64. The molecular formula is C18H26F2O7S2. The largest absolute Gasteiger partial charge is 0.465 e. The zero-order valence-electron chi connectivity index (χ0n) is 15.8. The molecule has 7 nitrogen and oxygen atoms in total. The molecule has 2 saturated heterocycles. The predicted molar refractivity (Wildman–Crippen MR) is 100.0 cm³/mol. The quantitative estimate of drug-likeness (QED) is 0.425. The monoisotopic (exact) mass is 456 g/mol. The molecule has 166 valence electrons.